The van der Waals surface area contributed by atoms with Gasteiger partial charge in [-0.2, -0.15) is 0 Å². The van der Waals surface area contributed by atoms with Crippen LogP contribution in [0.4, 0.5) is 0 Å². The molecule has 0 amide bonds. The van der Waals surface area contributed by atoms with Gasteiger partial charge in [0.1, 0.15) is 0 Å². The van der Waals surface area contributed by atoms with E-state index in [0.717, 1.165) is 13.0 Å². The maximum Gasteiger partial charge on any atom is 0.0309 e. The molecule has 0 spiro atoms. The van der Waals surface area contributed by atoms with Crippen LogP contribution in [0.2, 0.25) is 0 Å². The summed E-state index contributed by atoms with van der Waals surface area (Å²) in [4.78, 5) is 2.59. The third-order valence-electron chi connectivity index (χ3n) is 5.26. The zero-order valence-electron chi connectivity index (χ0n) is 13.4. The smallest absolute Gasteiger partial charge is 0.0309 e. The van der Waals surface area contributed by atoms with Crippen LogP contribution in [0, 0.1) is 12.3 Å². The zero-order valence-corrected chi connectivity index (χ0v) is 13.4. The van der Waals surface area contributed by atoms with Crippen LogP contribution < -0.4 is 5.73 Å². The van der Waals surface area contributed by atoms with E-state index in [9.17, 15) is 0 Å². The van der Waals surface area contributed by atoms with Gasteiger partial charge in [-0.1, -0.05) is 44.5 Å². The fraction of sp³-hybridized carbons (Fsp3) is 0.667. The van der Waals surface area contributed by atoms with E-state index in [-0.39, 0.29) is 6.04 Å². The number of piperidine rings is 1. The highest BCUT2D eigenvalue weighted by Gasteiger charge is 2.28. The summed E-state index contributed by atoms with van der Waals surface area (Å²) in [5.41, 5.74) is 9.57. The minimum Gasteiger partial charge on any atom is -0.324 e. The Morgan fingerprint density at radius 1 is 1.25 bits per heavy atom. The monoisotopic (exact) mass is 274 g/mol. The Morgan fingerprint density at radius 3 is 2.50 bits per heavy atom. The molecule has 1 fully saturated rings. The van der Waals surface area contributed by atoms with Gasteiger partial charge in [0.25, 0.3) is 0 Å². The Labute approximate surface area is 124 Å². The molecule has 0 aliphatic carbocycles. The molecule has 1 aromatic carbocycles. The first-order chi connectivity index (χ1) is 9.54. The number of nitrogens with two attached hydrogens (primary N) is 1. The van der Waals surface area contributed by atoms with Crippen molar-refractivity contribution in [1.82, 2.24) is 4.90 Å². The lowest BCUT2D eigenvalue weighted by molar-refractivity contribution is 0.112. The normalized spacial score (nSPS) is 20.8. The molecule has 1 aromatic rings. The van der Waals surface area contributed by atoms with E-state index >= 15 is 0 Å². The van der Waals surface area contributed by atoms with Gasteiger partial charge in [-0.05, 0) is 62.4 Å². The molecule has 0 saturated carbocycles. The molecule has 1 atom stereocenters. The first kappa shape index (κ1) is 15.5. The summed E-state index contributed by atoms with van der Waals surface area (Å²) in [6.45, 7) is 10.5. The van der Waals surface area contributed by atoms with Crippen LogP contribution in [0.3, 0.4) is 0 Å². The van der Waals surface area contributed by atoms with Crippen molar-refractivity contribution in [2.45, 2.75) is 52.5 Å². The largest absolute Gasteiger partial charge is 0.324 e. The van der Waals surface area contributed by atoms with Crippen molar-refractivity contribution in [3.8, 4) is 0 Å². The van der Waals surface area contributed by atoms with Crippen molar-refractivity contribution in [2.75, 3.05) is 19.6 Å². The third-order valence-corrected chi connectivity index (χ3v) is 5.26. The number of hydrogen-bond donors (Lipinski definition) is 1. The highest BCUT2D eigenvalue weighted by Crippen LogP contribution is 2.34. The highest BCUT2D eigenvalue weighted by molar-refractivity contribution is 5.28. The van der Waals surface area contributed by atoms with Gasteiger partial charge in [0.2, 0.25) is 0 Å². The first-order valence-corrected chi connectivity index (χ1v) is 8.07. The van der Waals surface area contributed by atoms with E-state index < -0.39 is 0 Å². The van der Waals surface area contributed by atoms with Crippen LogP contribution in [-0.2, 0) is 0 Å². The fourth-order valence-electron chi connectivity index (χ4n) is 3.15. The van der Waals surface area contributed by atoms with Crippen LogP contribution in [0.25, 0.3) is 0 Å². The van der Waals surface area contributed by atoms with Crippen molar-refractivity contribution < 1.29 is 0 Å². The van der Waals surface area contributed by atoms with Gasteiger partial charge in [-0.15, -0.1) is 0 Å². The summed E-state index contributed by atoms with van der Waals surface area (Å²) in [6.07, 6.45) is 5.05. The van der Waals surface area contributed by atoms with Crippen LogP contribution in [-0.4, -0.2) is 24.5 Å². The van der Waals surface area contributed by atoms with Crippen LogP contribution in [0.15, 0.2) is 24.3 Å². The number of hydrogen-bond acceptors (Lipinski definition) is 2. The second-order valence-corrected chi connectivity index (χ2v) is 6.76. The van der Waals surface area contributed by atoms with Gasteiger partial charge in [0.15, 0.2) is 0 Å². The summed E-state index contributed by atoms with van der Waals surface area (Å²) < 4.78 is 0. The molecule has 0 radical (unpaired) electrons. The van der Waals surface area contributed by atoms with E-state index in [1.54, 1.807) is 0 Å². The van der Waals surface area contributed by atoms with Crippen molar-refractivity contribution >= 4 is 0 Å². The average Bonchev–Trinajstić information content (AvgIpc) is 2.47. The molecular weight excluding hydrogens is 244 g/mol. The molecule has 0 bridgehead atoms. The average molecular weight is 274 g/mol. The van der Waals surface area contributed by atoms with Crippen LogP contribution in [0.1, 0.15) is 56.7 Å². The predicted octanol–water partition coefficient (Wildman–Crippen LogP) is 3.90. The Bertz CT molecular complexity index is 419. The van der Waals surface area contributed by atoms with Gasteiger partial charge in [0.05, 0.1) is 0 Å². The maximum atomic E-state index is 6.37. The second kappa shape index (κ2) is 6.73. The Hall–Kier alpha value is -0.860. The molecule has 1 aliphatic heterocycles. The molecule has 20 heavy (non-hydrogen) atoms. The first-order valence-electron chi connectivity index (χ1n) is 8.07. The molecular formula is C18H30N2. The Balaban J connectivity index is 1.80. The maximum absolute atomic E-state index is 6.37. The summed E-state index contributed by atoms with van der Waals surface area (Å²) in [7, 11) is 0. The molecule has 1 saturated heterocycles. The van der Waals surface area contributed by atoms with E-state index in [1.807, 2.05) is 0 Å². The van der Waals surface area contributed by atoms with Crippen molar-refractivity contribution in [3.05, 3.63) is 35.4 Å². The number of likely N-dealkylation sites (tertiary alicyclic amines) is 1. The number of aryl methyl sites for hydroxylation is 1. The molecule has 2 rings (SSSR count). The van der Waals surface area contributed by atoms with Crippen LogP contribution in [0.5, 0.6) is 0 Å². The standard InChI is InChI=1S/C18H30N2/c1-4-18(3)10-13-20(14-11-18)12-9-17(19)16-8-6-5-7-15(16)2/h5-8,17H,4,9-14,19H2,1-3H3. The minimum atomic E-state index is 0.177. The minimum absolute atomic E-state index is 0.177. The Kier molecular flexibility index (Phi) is 5.22. The molecule has 1 unspecified atom stereocenters. The van der Waals surface area contributed by atoms with E-state index in [4.69, 9.17) is 5.73 Å². The highest BCUT2D eigenvalue weighted by atomic mass is 15.1. The van der Waals surface area contributed by atoms with Crippen LogP contribution >= 0.6 is 0 Å². The second-order valence-electron chi connectivity index (χ2n) is 6.76. The topological polar surface area (TPSA) is 29.3 Å². The zero-order chi connectivity index (χ0) is 14.6. The summed E-state index contributed by atoms with van der Waals surface area (Å²) in [5.74, 6) is 0. The van der Waals surface area contributed by atoms with Gasteiger partial charge < -0.3 is 10.6 Å². The predicted molar refractivity (Wildman–Crippen MR) is 86.8 cm³/mol. The molecule has 112 valence electrons. The van der Waals surface area contributed by atoms with Crippen molar-refractivity contribution in [3.63, 3.8) is 0 Å². The summed E-state index contributed by atoms with van der Waals surface area (Å²) in [5, 5.41) is 0. The van der Waals surface area contributed by atoms with Gasteiger partial charge >= 0.3 is 0 Å². The number of benzene rings is 1. The quantitative estimate of drug-likeness (QED) is 0.882. The Morgan fingerprint density at radius 2 is 1.90 bits per heavy atom. The number of rotatable bonds is 5. The van der Waals surface area contributed by atoms with Gasteiger partial charge in [0, 0.05) is 6.04 Å². The molecule has 1 heterocycles. The molecule has 2 heteroatoms. The van der Waals surface area contributed by atoms with Gasteiger partial charge in [-0.25, -0.2) is 0 Å². The molecule has 0 aromatic heterocycles. The van der Waals surface area contributed by atoms with Crippen molar-refractivity contribution in [2.24, 2.45) is 11.1 Å². The lowest BCUT2D eigenvalue weighted by atomic mass is 9.78. The SMILES string of the molecule is CCC1(C)CCN(CCC(N)c2ccccc2C)CC1. The molecule has 1 aliphatic rings. The summed E-state index contributed by atoms with van der Waals surface area (Å²) in [6, 6.07) is 8.68. The van der Waals surface area contributed by atoms with Gasteiger partial charge in [-0.3, -0.25) is 0 Å². The van der Waals surface area contributed by atoms with E-state index in [1.165, 1.54) is 43.5 Å². The van der Waals surface area contributed by atoms with E-state index in [2.05, 4.69) is 49.9 Å². The van der Waals surface area contributed by atoms with E-state index in [0.29, 0.717) is 5.41 Å². The third kappa shape index (κ3) is 3.83. The molecule has 2 nitrogen and oxygen atoms in total. The lowest BCUT2D eigenvalue weighted by Crippen LogP contribution is -2.39. The van der Waals surface area contributed by atoms with Crippen molar-refractivity contribution in [1.29, 1.82) is 0 Å². The summed E-state index contributed by atoms with van der Waals surface area (Å²) >= 11 is 0. The fourth-order valence-corrected chi connectivity index (χ4v) is 3.15. The number of nitrogens with zero attached hydrogens (tertiary/aromatic N) is 1. The lowest BCUT2D eigenvalue weighted by Gasteiger charge is -2.39. The molecule has 2 N–H and O–H groups in total.